The molecule has 1 aromatic heterocycles. The van der Waals surface area contributed by atoms with Crippen LogP contribution in [0, 0.1) is 0 Å². The highest BCUT2D eigenvalue weighted by atomic mass is 16.6. The predicted molar refractivity (Wildman–Crippen MR) is 65.1 cm³/mol. The van der Waals surface area contributed by atoms with Crippen molar-refractivity contribution in [2.24, 2.45) is 0 Å². The van der Waals surface area contributed by atoms with Gasteiger partial charge in [0.25, 0.3) is 0 Å². The maximum atomic E-state index is 11.9. The van der Waals surface area contributed by atoms with E-state index >= 15 is 0 Å². The van der Waals surface area contributed by atoms with Crippen LogP contribution >= 0.6 is 0 Å². The number of hydrogen-bond acceptors (Lipinski definition) is 4. The number of ether oxygens (including phenoxy) is 2. The Morgan fingerprint density at radius 1 is 1.61 bits per heavy atom. The Morgan fingerprint density at radius 2 is 2.39 bits per heavy atom. The Morgan fingerprint density at radius 3 is 2.89 bits per heavy atom. The van der Waals surface area contributed by atoms with Crippen molar-refractivity contribution < 1.29 is 14.3 Å². The van der Waals surface area contributed by atoms with Crippen molar-refractivity contribution >= 4 is 6.09 Å². The molecule has 1 aliphatic heterocycles. The van der Waals surface area contributed by atoms with Gasteiger partial charge in [0.15, 0.2) is 0 Å². The fourth-order valence-electron chi connectivity index (χ4n) is 1.96. The smallest absolute Gasteiger partial charge is 0.408 e. The maximum absolute atomic E-state index is 11.9. The number of amides is 1. The van der Waals surface area contributed by atoms with Crippen molar-refractivity contribution in [1.82, 2.24) is 15.3 Å². The second-order valence-corrected chi connectivity index (χ2v) is 5.48. The van der Waals surface area contributed by atoms with E-state index in [1.165, 1.54) is 0 Å². The average Bonchev–Trinajstić information content (AvgIpc) is 2.82. The van der Waals surface area contributed by atoms with E-state index in [0.717, 1.165) is 5.69 Å². The summed E-state index contributed by atoms with van der Waals surface area (Å²) in [7, 11) is 0. The van der Waals surface area contributed by atoms with E-state index in [0.29, 0.717) is 19.6 Å². The highest BCUT2D eigenvalue weighted by molar-refractivity contribution is 5.69. The van der Waals surface area contributed by atoms with E-state index in [2.05, 4.69) is 15.3 Å². The molecule has 0 spiro atoms. The van der Waals surface area contributed by atoms with Gasteiger partial charge >= 0.3 is 6.09 Å². The monoisotopic (exact) mass is 253 g/mol. The van der Waals surface area contributed by atoms with E-state index in [9.17, 15) is 4.79 Å². The third-order valence-electron chi connectivity index (χ3n) is 2.78. The van der Waals surface area contributed by atoms with Gasteiger partial charge in [0.2, 0.25) is 0 Å². The van der Waals surface area contributed by atoms with Crippen molar-refractivity contribution in [3.63, 3.8) is 0 Å². The maximum Gasteiger partial charge on any atom is 0.408 e. The number of H-pyrrole nitrogens is 1. The molecule has 1 fully saturated rings. The number of rotatable bonds is 2. The number of nitrogens with one attached hydrogen (secondary N) is 2. The number of aromatic nitrogens is 2. The van der Waals surface area contributed by atoms with Crippen LogP contribution in [0.2, 0.25) is 0 Å². The van der Waals surface area contributed by atoms with E-state index in [1.54, 1.807) is 12.5 Å². The molecule has 2 rings (SSSR count). The van der Waals surface area contributed by atoms with Crippen LogP contribution in [-0.2, 0) is 15.0 Å². The summed E-state index contributed by atoms with van der Waals surface area (Å²) >= 11 is 0. The number of carbonyl (C=O) groups excluding carboxylic acids is 1. The zero-order valence-corrected chi connectivity index (χ0v) is 10.9. The molecule has 1 amide bonds. The fourth-order valence-corrected chi connectivity index (χ4v) is 1.96. The summed E-state index contributed by atoms with van der Waals surface area (Å²) in [4.78, 5) is 18.9. The minimum Gasteiger partial charge on any atom is -0.444 e. The number of alkyl carbamates (subject to hydrolysis) is 1. The lowest BCUT2D eigenvalue weighted by Crippen LogP contribution is -2.48. The lowest BCUT2D eigenvalue weighted by Gasteiger charge is -2.29. The number of carbonyl (C=O) groups is 1. The van der Waals surface area contributed by atoms with Crippen LogP contribution in [-0.4, -0.2) is 34.9 Å². The molecule has 1 saturated heterocycles. The Labute approximate surface area is 106 Å². The summed E-state index contributed by atoms with van der Waals surface area (Å²) in [5, 5.41) is 2.89. The second-order valence-electron chi connectivity index (χ2n) is 5.48. The van der Waals surface area contributed by atoms with Crippen LogP contribution in [0.1, 0.15) is 32.9 Å². The van der Waals surface area contributed by atoms with Crippen molar-refractivity contribution in [2.45, 2.75) is 38.3 Å². The second kappa shape index (κ2) is 4.61. The van der Waals surface area contributed by atoms with E-state index in [4.69, 9.17) is 9.47 Å². The normalized spacial score (nSPS) is 23.9. The van der Waals surface area contributed by atoms with Crippen LogP contribution in [0.3, 0.4) is 0 Å². The molecule has 0 bridgehead atoms. The molecule has 0 radical (unpaired) electrons. The first kappa shape index (κ1) is 12.9. The van der Waals surface area contributed by atoms with Gasteiger partial charge in [-0.2, -0.15) is 0 Å². The quantitative estimate of drug-likeness (QED) is 0.838. The highest BCUT2D eigenvalue weighted by Crippen LogP contribution is 2.29. The molecule has 1 unspecified atom stereocenters. The van der Waals surface area contributed by atoms with Crippen molar-refractivity contribution in [2.75, 3.05) is 13.2 Å². The van der Waals surface area contributed by atoms with Crippen LogP contribution < -0.4 is 5.32 Å². The molecule has 2 N–H and O–H groups in total. The highest BCUT2D eigenvalue weighted by Gasteiger charge is 2.40. The minimum atomic E-state index is -0.557. The third-order valence-corrected chi connectivity index (χ3v) is 2.78. The van der Waals surface area contributed by atoms with Gasteiger partial charge in [-0.1, -0.05) is 0 Å². The predicted octanol–water partition coefficient (Wildman–Crippen LogP) is 1.55. The van der Waals surface area contributed by atoms with Gasteiger partial charge < -0.3 is 19.8 Å². The molecule has 0 aromatic carbocycles. The topological polar surface area (TPSA) is 76.2 Å². The molecule has 18 heavy (non-hydrogen) atoms. The first-order valence-electron chi connectivity index (χ1n) is 5.99. The van der Waals surface area contributed by atoms with E-state index in [1.807, 2.05) is 20.8 Å². The van der Waals surface area contributed by atoms with Gasteiger partial charge in [-0.05, 0) is 20.8 Å². The fraction of sp³-hybridized carbons (Fsp3) is 0.667. The summed E-state index contributed by atoms with van der Waals surface area (Å²) < 4.78 is 10.7. The molecule has 6 heteroatoms. The molecule has 1 aliphatic rings. The molecule has 6 nitrogen and oxygen atoms in total. The summed E-state index contributed by atoms with van der Waals surface area (Å²) in [6.45, 7) is 6.53. The molecular formula is C12H19N3O3. The lowest BCUT2D eigenvalue weighted by atomic mass is 9.95. The van der Waals surface area contributed by atoms with Gasteiger partial charge in [-0.3, -0.25) is 0 Å². The van der Waals surface area contributed by atoms with Gasteiger partial charge in [0.05, 0.1) is 24.8 Å². The van der Waals surface area contributed by atoms with Gasteiger partial charge in [0, 0.05) is 13.0 Å². The first-order chi connectivity index (χ1) is 8.41. The molecule has 0 aliphatic carbocycles. The Hall–Kier alpha value is -1.56. The molecule has 0 saturated carbocycles. The summed E-state index contributed by atoms with van der Waals surface area (Å²) in [6.07, 6.45) is 3.55. The Kier molecular flexibility index (Phi) is 3.30. The lowest BCUT2D eigenvalue weighted by molar-refractivity contribution is 0.0434. The van der Waals surface area contributed by atoms with Gasteiger partial charge in [0.1, 0.15) is 11.1 Å². The zero-order chi connectivity index (χ0) is 13.2. The van der Waals surface area contributed by atoms with Crippen molar-refractivity contribution in [3.8, 4) is 0 Å². The van der Waals surface area contributed by atoms with Crippen LogP contribution in [0.15, 0.2) is 12.5 Å². The summed E-state index contributed by atoms with van der Waals surface area (Å²) in [5.74, 6) is 0. The van der Waals surface area contributed by atoms with Gasteiger partial charge in [-0.25, -0.2) is 9.78 Å². The average molecular weight is 253 g/mol. The van der Waals surface area contributed by atoms with Crippen molar-refractivity contribution in [3.05, 3.63) is 18.2 Å². The third kappa shape index (κ3) is 2.81. The molecule has 1 atom stereocenters. The molecule has 100 valence electrons. The van der Waals surface area contributed by atoms with Crippen molar-refractivity contribution in [1.29, 1.82) is 0 Å². The van der Waals surface area contributed by atoms with Gasteiger partial charge in [-0.15, -0.1) is 0 Å². The number of nitrogens with zero attached hydrogens (tertiary/aromatic N) is 1. The first-order valence-corrected chi connectivity index (χ1v) is 5.99. The van der Waals surface area contributed by atoms with Crippen LogP contribution in [0.4, 0.5) is 4.79 Å². The Bertz CT molecular complexity index is 403. The SMILES string of the molecule is CC(C)(C)OC(=O)NC1(c2cnc[nH]2)CCOC1. The largest absolute Gasteiger partial charge is 0.444 e. The number of hydrogen-bond donors (Lipinski definition) is 2. The van der Waals surface area contributed by atoms with E-state index in [-0.39, 0.29) is 0 Å². The zero-order valence-electron chi connectivity index (χ0n) is 10.9. The molecular weight excluding hydrogens is 234 g/mol. The minimum absolute atomic E-state index is 0.425. The molecule has 2 heterocycles. The summed E-state index contributed by atoms with van der Waals surface area (Å²) in [5.41, 5.74) is -0.233. The van der Waals surface area contributed by atoms with E-state index < -0.39 is 17.2 Å². The standard InChI is InChI=1S/C12H19N3O3/c1-11(2,3)18-10(16)15-12(4-5-17-7-12)9-6-13-8-14-9/h6,8H,4-5,7H2,1-3H3,(H,13,14)(H,15,16). The summed E-state index contributed by atoms with van der Waals surface area (Å²) in [6, 6.07) is 0. The molecule has 1 aromatic rings. The van der Waals surface area contributed by atoms with Crippen LogP contribution in [0.25, 0.3) is 0 Å². The number of aromatic amines is 1. The number of imidazole rings is 1. The van der Waals surface area contributed by atoms with Crippen LogP contribution in [0.5, 0.6) is 0 Å². The Balaban J connectivity index is 2.10.